The quantitative estimate of drug-likeness (QED) is 0.243. The van der Waals surface area contributed by atoms with Crippen molar-refractivity contribution >= 4 is 22.8 Å². The molecule has 28 heavy (non-hydrogen) atoms. The molecular weight excluding hydrogens is 429 g/mol. The number of hydrogen-bond donors (Lipinski definition) is 0. The summed E-state index contributed by atoms with van der Waals surface area (Å²) in [6, 6.07) is 0. The van der Waals surface area contributed by atoms with Gasteiger partial charge in [-0.3, -0.25) is 13.7 Å². The second kappa shape index (κ2) is 13.0. The van der Waals surface area contributed by atoms with Crippen molar-refractivity contribution in [1.82, 2.24) is 0 Å². The van der Waals surface area contributed by atoms with E-state index in [4.69, 9.17) is 27.1 Å². The predicted octanol–water partition coefficient (Wildman–Crippen LogP) is 5.89. The Labute approximate surface area is 169 Å². The summed E-state index contributed by atoms with van der Waals surface area (Å²) < 4.78 is 74.2. The third kappa shape index (κ3) is 6.47. The van der Waals surface area contributed by atoms with Gasteiger partial charge in [0.25, 0.3) is 0 Å². The van der Waals surface area contributed by atoms with Gasteiger partial charge in [0.2, 0.25) is 0 Å². The van der Waals surface area contributed by atoms with Crippen molar-refractivity contribution in [3.8, 4) is 0 Å². The van der Waals surface area contributed by atoms with Crippen molar-refractivity contribution in [2.24, 2.45) is 0 Å². The van der Waals surface area contributed by atoms with E-state index in [2.05, 4.69) is 0 Å². The van der Waals surface area contributed by atoms with E-state index < -0.39 is 33.8 Å². The summed E-state index contributed by atoms with van der Waals surface area (Å²) in [5.41, 5.74) is 0. The van der Waals surface area contributed by atoms with E-state index >= 15 is 0 Å². The van der Waals surface area contributed by atoms with Crippen molar-refractivity contribution in [1.29, 1.82) is 0 Å². The Morgan fingerprint density at radius 1 is 0.536 bits per heavy atom. The van der Waals surface area contributed by atoms with Crippen LogP contribution in [0.2, 0.25) is 0 Å². The summed E-state index contributed by atoms with van der Waals surface area (Å²) >= 11 is 0. The molecule has 0 unspecified atom stereocenters. The minimum absolute atomic E-state index is 0.00824. The molecule has 0 atom stereocenters. The van der Waals surface area contributed by atoms with Gasteiger partial charge in [0, 0.05) is 0 Å². The predicted molar refractivity (Wildman–Crippen MR) is 110 cm³/mol. The fourth-order valence-corrected chi connectivity index (χ4v) is 12.3. The van der Waals surface area contributed by atoms with E-state index in [1.807, 2.05) is 0 Å². The summed E-state index contributed by atoms with van der Waals surface area (Å²) in [5, 5.41) is 0. The molecule has 0 spiro atoms. The van der Waals surface area contributed by atoms with E-state index in [0.717, 1.165) is 0 Å². The van der Waals surface area contributed by atoms with Gasteiger partial charge < -0.3 is 27.1 Å². The first-order valence-electron chi connectivity index (χ1n) is 9.80. The van der Waals surface area contributed by atoms with Crippen LogP contribution in [-0.4, -0.2) is 50.7 Å². The van der Waals surface area contributed by atoms with Crippen LogP contribution in [0.4, 0.5) is 0 Å². The highest BCUT2D eigenvalue weighted by molar-refractivity contribution is 7.75. The smallest absolute Gasteiger partial charge is 0.309 e. The Bertz CT molecular complexity index is 522. The fraction of sp³-hybridized carbons (Fsp3) is 1.00. The monoisotopic (exact) mass is 466 g/mol. The van der Waals surface area contributed by atoms with Crippen LogP contribution in [0, 0.1) is 0 Å². The SMILES string of the molecule is CCOP(=O)(CC(CC)(P(=O)(OCC)OCC)P(=O)(OCC)OCC)OCC. The van der Waals surface area contributed by atoms with E-state index in [1.54, 1.807) is 48.5 Å². The first-order chi connectivity index (χ1) is 13.1. The van der Waals surface area contributed by atoms with Crippen LogP contribution in [0.25, 0.3) is 0 Å². The summed E-state index contributed by atoms with van der Waals surface area (Å²) in [4.78, 5) is -1.85. The van der Waals surface area contributed by atoms with E-state index in [0.29, 0.717) is 0 Å². The molecule has 0 radical (unpaired) electrons. The lowest BCUT2D eigenvalue weighted by atomic mass is 10.3. The molecule has 0 bridgehead atoms. The highest BCUT2D eigenvalue weighted by Crippen LogP contribution is 2.81. The minimum Gasteiger partial charge on any atom is -0.309 e. The van der Waals surface area contributed by atoms with Crippen LogP contribution in [-0.2, 0) is 40.8 Å². The molecule has 0 N–H and O–H groups in total. The molecule has 0 aliphatic rings. The Morgan fingerprint density at radius 2 is 0.821 bits per heavy atom. The zero-order valence-electron chi connectivity index (χ0n) is 18.2. The molecule has 0 aromatic heterocycles. The van der Waals surface area contributed by atoms with Gasteiger partial charge in [-0.1, -0.05) is 6.92 Å². The molecule has 9 nitrogen and oxygen atoms in total. The first-order valence-corrected chi connectivity index (χ1v) is 14.6. The minimum atomic E-state index is -4.13. The Morgan fingerprint density at radius 3 is 1.04 bits per heavy atom. The molecule has 0 rings (SSSR count). The Hall–Kier alpha value is 0.450. The van der Waals surface area contributed by atoms with Gasteiger partial charge in [0.05, 0.1) is 45.8 Å². The maximum Gasteiger partial charge on any atom is 0.349 e. The fourth-order valence-electron chi connectivity index (χ4n) is 2.89. The van der Waals surface area contributed by atoms with Gasteiger partial charge in [-0.05, 0) is 48.0 Å². The van der Waals surface area contributed by atoms with Gasteiger partial charge in [-0.2, -0.15) is 0 Å². The van der Waals surface area contributed by atoms with Gasteiger partial charge >= 0.3 is 22.8 Å². The molecule has 0 fully saturated rings. The molecular formula is C16H37O9P3. The highest BCUT2D eigenvalue weighted by atomic mass is 31.2. The highest BCUT2D eigenvalue weighted by Gasteiger charge is 2.67. The second-order valence-corrected chi connectivity index (χ2v) is 12.7. The molecule has 0 saturated carbocycles. The van der Waals surface area contributed by atoms with Crippen LogP contribution >= 0.6 is 22.8 Å². The van der Waals surface area contributed by atoms with Crippen LogP contribution in [0.5, 0.6) is 0 Å². The zero-order valence-corrected chi connectivity index (χ0v) is 20.9. The summed E-state index contributed by atoms with van der Waals surface area (Å²) in [7, 11) is -12.1. The van der Waals surface area contributed by atoms with Crippen LogP contribution in [0.3, 0.4) is 0 Å². The van der Waals surface area contributed by atoms with Crippen molar-refractivity contribution in [2.45, 2.75) is 59.8 Å². The standard InChI is InChI=1S/C16H37O9P3/c1-8-16(27(18,22-11-4)23-12-5,28(19,24-13-6)25-14-7)15-26(17,20-9-2)21-10-3/h8-15H2,1-7H3. The third-order valence-corrected chi connectivity index (χ3v) is 13.5. The van der Waals surface area contributed by atoms with E-state index in [1.165, 1.54) is 0 Å². The van der Waals surface area contributed by atoms with Crippen molar-refractivity contribution < 1.29 is 40.8 Å². The Kier molecular flexibility index (Phi) is 13.2. The number of hydrogen-bond acceptors (Lipinski definition) is 9. The molecule has 0 aliphatic heterocycles. The molecule has 170 valence electrons. The normalized spacial score (nSPS) is 13.8. The average Bonchev–Trinajstić information content (AvgIpc) is 2.60. The topological polar surface area (TPSA) is 107 Å². The molecule has 0 aromatic rings. The Balaban J connectivity index is 6.81. The average molecular weight is 466 g/mol. The van der Waals surface area contributed by atoms with Crippen LogP contribution < -0.4 is 0 Å². The molecule has 12 heteroatoms. The van der Waals surface area contributed by atoms with Crippen molar-refractivity contribution in [2.75, 3.05) is 45.8 Å². The molecule has 0 aliphatic carbocycles. The lowest BCUT2D eigenvalue weighted by Gasteiger charge is -2.42. The largest absolute Gasteiger partial charge is 0.349 e. The maximum atomic E-state index is 13.9. The third-order valence-electron chi connectivity index (χ3n) is 3.88. The van der Waals surface area contributed by atoms with Crippen LogP contribution in [0.15, 0.2) is 0 Å². The second-order valence-electron chi connectivity index (χ2n) is 5.61. The van der Waals surface area contributed by atoms with Gasteiger partial charge in [0.1, 0.15) is 0 Å². The zero-order chi connectivity index (χ0) is 21.9. The van der Waals surface area contributed by atoms with Gasteiger partial charge in [-0.25, -0.2) is 0 Å². The molecule has 0 heterocycles. The molecule has 0 amide bonds. The maximum absolute atomic E-state index is 13.9. The summed E-state index contributed by atoms with van der Waals surface area (Å²) in [6.07, 6.45) is -0.488. The summed E-state index contributed by atoms with van der Waals surface area (Å²) in [6.45, 7) is 11.9. The van der Waals surface area contributed by atoms with Gasteiger partial charge in [-0.15, -0.1) is 0 Å². The molecule has 0 saturated heterocycles. The van der Waals surface area contributed by atoms with Gasteiger partial charge in [0.15, 0.2) is 4.90 Å². The van der Waals surface area contributed by atoms with Crippen molar-refractivity contribution in [3.05, 3.63) is 0 Å². The van der Waals surface area contributed by atoms with Crippen LogP contribution in [0.1, 0.15) is 54.9 Å². The van der Waals surface area contributed by atoms with E-state index in [-0.39, 0.29) is 46.1 Å². The summed E-state index contributed by atoms with van der Waals surface area (Å²) in [5.74, 6) is 0. The first kappa shape index (κ1) is 28.5. The lowest BCUT2D eigenvalue weighted by Crippen LogP contribution is -2.37. The molecule has 0 aromatic carbocycles. The van der Waals surface area contributed by atoms with E-state index in [9.17, 15) is 13.7 Å². The van der Waals surface area contributed by atoms with Crippen molar-refractivity contribution in [3.63, 3.8) is 0 Å². The lowest BCUT2D eigenvalue weighted by molar-refractivity contribution is 0.172. The number of rotatable bonds is 17.